The van der Waals surface area contributed by atoms with Gasteiger partial charge in [0.2, 0.25) is 11.8 Å². The number of carbonyl (C=O) groups excluding carboxylic acids is 2. The van der Waals surface area contributed by atoms with Crippen LogP contribution in [0.4, 0.5) is 0 Å². The first-order valence-electron chi connectivity index (χ1n) is 6.14. The number of imide groups is 1. The summed E-state index contributed by atoms with van der Waals surface area (Å²) in [5.41, 5.74) is 0. The van der Waals surface area contributed by atoms with E-state index in [0.29, 0.717) is 24.3 Å². The molecule has 2 N–H and O–H groups in total. The van der Waals surface area contributed by atoms with E-state index in [-0.39, 0.29) is 17.9 Å². The lowest BCUT2D eigenvalue weighted by Crippen LogP contribution is -2.45. The molecule has 3 unspecified atom stereocenters. The average molecular weight is 224 g/mol. The second kappa shape index (κ2) is 4.53. The molecule has 2 aliphatic rings. The molecule has 16 heavy (non-hydrogen) atoms. The fraction of sp³-hybridized carbons (Fsp3) is 0.833. The molecule has 0 aromatic carbocycles. The van der Waals surface area contributed by atoms with Crippen LogP contribution in [-0.4, -0.2) is 23.9 Å². The Kier molecular flexibility index (Phi) is 3.28. The molecular weight excluding hydrogens is 204 g/mol. The van der Waals surface area contributed by atoms with Gasteiger partial charge in [-0.1, -0.05) is 13.8 Å². The molecule has 2 amide bonds. The van der Waals surface area contributed by atoms with Crippen LogP contribution in [0.2, 0.25) is 0 Å². The zero-order valence-electron chi connectivity index (χ0n) is 9.95. The summed E-state index contributed by atoms with van der Waals surface area (Å²) in [7, 11) is 0. The molecule has 0 aromatic rings. The third kappa shape index (κ3) is 2.61. The first-order chi connectivity index (χ1) is 7.54. The predicted octanol–water partition coefficient (Wildman–Crippen LogP) is 0.816. The third-order valence-electron chi connectivity index (χ3n) is 3.58. The van der Waals surface area contributed by atoms with Gasteiger partial charge in [0, 0.05) is 6.04 Å². The topological polar surface area (TPSA) is 58.2 Å². The lowest BCUT2D eigenvalue weighted by molar-refractivity contribution is -0.125. The Morgan fingerprint density at radius 3 is 2.25 bits per heavy atom. The molecule has 0 spiro atoms. The lowest BCUT2D eigenvalue weighted by Gasteiger charge is -2.33. The maximum Gasteiger partial charge on any atom is 0.244 e. The van der Waals surface area contributed by atoms with Crippen LogP contribution in [0.3, 0.4) is 0 Å². The number of hydrogen-bond acceptors (Lipinski definition) is 3. The van der Waals surface area contributed by atoms with Crippen molar-refractivity contribution in [2.75, 3.05) is 0 Å². The van der Waals surface area contributed by atoms with E-state index in [9.17, 15) is 9.59 Å². The SMILES string of the molecule is CC1CC(C)CC(NC2CC(=O)NC2=O)C1. The van der Waals surface area contributed by atoms with E-state index in [2.05, 4.69) is 24.5 Å². The van der Waals surface area contributed by atoms with Crippen molar-refractivity contribution in [3.8, 4) is 0 Å². The summed E-state index contributed by atoms with van der Waals surface area (Å²) in [6.45, 7) is 4.51. The van der Waals surface area contributed by atoms with Crippen LogP contribution >= 0.6 is 0 Å². The Hall–Kier alpha value is -0.900. The smallest absolute Gasteiger partial charge is 0.244 e. The molecule has 4 heteroatoms. The van der Waals surface area contributed by atoms with Gasteiger partial charge in [-0.25, -0.2) is 0 Å². The number of hydrogen-bond donors (Lipinski definition) is 2. The van der Waals surface area contributed by atoms with Gasteiger partial charge in [-0.3, -0.25) is 14.9 Å². The molecule has 3 atom stereocenters. The van der Waals surface area contributed by atoms with E-state index in [4.69, 9.17) is 0 Å². The molecule has 0 radical (unpaired) electrons. The molecule has 1 saturated carbocycles. The number of rotatable bonds is 2. The van der Waals surface area contributed by atoms with Crippen molar-refractivity contribution in [3.05, 3.63) is 0 Å². The molecule has 90 valence electrons. The number of carbonyl (C=O) groups is 2. The summed E-state index contributed by atoms with van der Waals surface area (Å²) in [6.07, 6.45) is 3.80. The first kappa shape index (κ1) is 11.6. The van der Waals surface area contributed by atoms with Gasteiger partial charge in [-0.05, 0) is 31.1 Å². The molecular formula is C12H20N2O2. The summed E-state index contributed by atoms with van der Waals surface area (Å²) < 4.78 is 0. The van der Waals surface area contributed by atoms with Gasteiger partial charge in [-0.2, -0.15) is 0 Å². The second-order valence-electron chi connectivity index (χ2n) is 5.45. The minimum absolute atomic E-state index is 0.153. The summed E-state index contributed by atoms with van der Waals surface area (Å²) in [6, 6.07) is 0.0930. The highest BCUT2D eigenvalue weighted by Gasteiger charge is 2.33. The van der Waals surface area contributed by atoms with Crippen molar-refractivity contribution in [2.45, 2.75) is 51.6 Å². The van der Waals surface area contributed by atoms with Gasteiger partial charge in [0.1, 0.15) is 0 Å². The van der Waals surface area contributed by atoms with Crippen LogP contribution < -0.4 is 10.6 Å². The molecule has 0 aromatic heterocycles. The van der Waals surface area contributed by atoms with Crippen molar-refractivity contribution >= 4 is 11.8 Å². The molecule has 4 nitrogen and oxygen atoms in total. The van der Waals surface area contributed by atoms with Crippen LogP contribution in [-0.2, 0) is 9.59 Å². The van der Waals surface area contributed by atoms with E-state index in [0.717, 1.165) is 12.8 Å². The molecule has 1 aliphatic carbocycles. The lowest BCUT2D eigenvalue weighted by atomic mass is 9.80. The molecule has 1 saturated heterocycles. The van der Waals surface area contributed by atoms with Crippen LogP contribution in [0.1, 0.15) is 39.5 Å². The first-order valence-corrected chi connectivity index (χ1v) is 6.14. The van der Waals surface area contributed by atoms with Crippen LogP contribution in [0.5, 0.6) is 0 Å². The number of amides is 2. The van der Waals surface area contributed by atoms with Crippen molar-refractivity contribution < 1.29 is 9.59 Å². The van der Waals surface area contributed by atoms with Gasteiger partial charge in [0.15, 0.2) is 0 Å². The van der Waals surface area contributed by atoms with Crippen LogP contribution in [0.25, 0.3) is 0 Å². The minimum Gasteiger partial charge on any atom is -0.303 e. The average Bonchev–Trinajstić information content (AvgIpc) is 2.43. The Labute approximate surface area is 96.2 Å². The highest BCUT2D eigenvalue weighted by Crippen LogP contribution is 2.29. The van der Waals surface area contributed by atoms with E-state index < -0.39 is 0 Å². The van der Waals surface area contributed by atoms with Crippen molar-refractivity contribution in [2.24, 2.45) is 11.8 Å². The molecule has 2 rings (SSSR count). The van der Waals surface area contributed by atoms with Gasteiger partial charge < -0.3 is 5.32 Å². The molecule has 1 heterocycles. The zero-order valence-corrected chi connectivity index (χ0v) is 9.95. The van der Waals surface area contributed by atoms with Gasteiger partial charge in [0.05, 0.1) is 12.5 Å². The maximum absolute atomic E-state index is 11.4. The van der Waals surface area contributed by atoms with Crippen molar-refractivity contribution in [3.63, 3.8) is 0 Å². The van der Waals surface area contributed by atoms with Crippen molar-refractivity contribution in [1.82, 2.24) is 10.6 Å². The van der Waals surface area contributed by atoms with Crippen molar-refractivity contribution in [1.29, 1.82) is 0 Å². The third-order valence-corrected chi connectivity index (χ3v) is 3.58. The molecule has 1 aliphatic heterocycles. The highest BCUT2D eigenvalue weighted by molar-refractivity contribution is 6.05. The summed E-state index contributed by atoms with van der Waals surface area (Å²) in [5, 5.41) is 5.66. The Balaban J connectivity index is 1.89. The molecule has 2 fully saturated rings. The fourth-order valence-corrected chi connectivity index (χ4v) is 3.06. The fourth-order valence-electron chi connectivity index (χ4n) is 3.06. The maximum atomic E-state index is 11.4. The standard InChI is InChI=1S/C12H20N2O2/c1-7-3-8(2)5-9(4-7)13-10-6-11(15)14-12(10)16/h7-10,13H,3-6H2,1-2H3,(H,14,15,16). The van der Waals surface area contributed by atoms with Gasteiger partial charge in [-0.15, -0.1) is 0 Å². The monoisotopic (exact) mass is 224 g/mol. The summed E-state index contributed by atoms with van der Waals surface area (Å²) in [5.74, 6) is 1.11. The van der Waals surface area contributed by atoms with Gasteiger partial charge >= 0.3 is 0 Å². The van der Waals surface area contributed by atoms with E-state index in [1.54, 1.807) is 0 Å². The largest absolute Gasteiger partial charge is 0.303 e. The van der Waals surface area contributed by atoms with E-state index >= 15 is 0 Å². The Morgan fingerprint density at radius 1 is 1.12 bits per heavy atom. The minimum atomic E-state index is -0.296. The zero-order chi connectivity index (χ0) is 11.7. The second-order valence-corrected chi connectivity index (χ2v) is 5.45. The van der Waals surface area contributed by atoms with Crippen LogP contribution in [0, 0.1) is 11.8 Å². The van der Waals surface area contributed by atoms with Gasteiger partial charge in [0.25, 0.3) is 0 Å². The normalized spacial score (nSPS) is 39.9. The quantitative estimate of drug-likeness (QED) is 0.683. The van der Waals surface area contributed by atoms with E-state index in [1.807, 2.05) is 0 Å². The van der Waals surface area contributed by atoms with E-state index in [1.165, 1.54) is 6.42 Å². The number of nitrogens with one attached hydrogen (secondary N) is 2. The predicted molar refractivity (Wildman–Crippen MR) is 60.7 cm³/mol. The van der Waals surface area contributed by atoms with Crippen LogP contribution in [0.15, 0.2) is 0 Å². The highest BCUT2D eigenvalue weighted by atomic mass is 16.2. The summed E-state index contributed by atoms with van der Waals surface area (Å²) in [4.78, 5) is 22.5. The Bertz CT molecular complexity index is 293. The molecule has 0 bridgehead atoms. The Morgan fingerprint density at radius 2 is 1.75 bits per heavy atom. The summed E-state index contributed by atoms with van der Waals surface area (Å²) >= 11 is 0.